The number of aromatic amines is 1. The van der Waals surface area contributed by atoms with Crippen molar-refractivity contribution in [3.63, 3.8) is 0 Å². The lowest BCUT2D eigenvalue weighted by molar-refractivity contribution is 0.103. The van der Waals surface area contributed by atoms with Crippen molar-refractivity contribution in [2.75, 3.05) is 13.4 Å². The van der Waals surface area contributed by atoms with E-state index < -0.39 is 21.2 Å². The van der Waals surface area contributed by atoms with Gasteiger partial charge in [-0.15, -0.1) is 0 Å². The molecule has 0 bridgehead atoms. The summed E-state index contributed by atoms with van der Waals surface area (Å²) in [6.07, 6.45) is 2.51. The summed E-state index contributed by atoms with van der Waals surface area (Å²) in [6.45, 7) is 3.89. The molecule has 0 radical (unpaired) electrons. The molecule has 152 valence electrons. The van der Waals surface area contributed by atoms with E-state index in [9.17, 15) is 18.0 Å². The van der Waals surface area contributed by atoms with Gasteiger partial charge >= 0.3 is 0 Å². The lowest BCUT2D eigenvalue weighted by atomic mass is 9.93. The fourth-order valence-electron chi connectivity index (χ4n) is 3.31. The van der Waals surface area contributed by atoms with Crippen LogP contribution in [0.1, 0.15) is 28.4 Å². The third kappa shape index (κ3) is 3.75. The summed E-state index contributed by atoms with van der Waals surface area (Å²) in [5.74, 6) is 0.178. The van der Waals surface area contributed by atoms with Crippen LogP contribution in [0.4, 0.5) is 0 Å². The first-order valence-corrected chi connectivity index (χ1v) is 10.9. The van der Waals surface area contributed by atoms with E-state index in [0.29, 0.717) is 29.0 Å². The van der Waals surface area contributed by atoms with E-state index in [-0.39, 0.29) is 16.0 Å². The van der Waals surface area contributed by atoms with Gasteiger partial charge in [0.05, 0.1) is 12.0 Å². The second-order valence-electron chi connectivity index (χ2n) is 6.68. The van der Waals surface area contributed by atoms with Gasteiger partial charge in [0.25, 0.3) is 5.56 Å². The standard InChI is InChI=1S/C21H22N2O5S/c1-5-23-21(25)17(12-22-23)20(24)16-10-11-18(29(4,26)27)19(13(16)2)14-6-8-15(28-3)9-7-14/h6-12,22H,5H2,1-4H3. The molecule has 0 saturated carbocycles. The van der Waals surface area contributed by atoms with E-state index in [0.717, 1.165) is 6.26 Å². The number of H-pyrrole nitrogens is 1. The number of hydrogen-bond donors (Lipinski definition) is 1. The smallest absolute Gasteiger partial charge is 0.277 e. The number of nitrogens with zero attached hydrogens (tertiary/aromatic N) is 1. The SMILES string of the molecule is CCn1[nH]cc(C(=O)c2ccc(S(C)(=O)=O)c(-c3ccc(OC)cc3)c2C)c1=O. The molecule has 29 heavy (non-hydrogen) atoms. The highest BCUT2D eigenvalue weighted by Gasteiger charge is 2.24. The summed E-state index contributed by atoms with van der Waals surface area (Å²) in [5.41, 5.74) is 1.46. The molecule has 1 aromatic heterocycles. The predicted molar refractivity (Wildman–Crippen MR) is 110 cm³/mol. The highest BCUT2D eigenvalue weighted by atomic mass is 32.2. The van der Waals surface area contributed by atoms with Crippen LogP contribution in [-0.2, 0) is 16.4 Å². The zero-order chi connectivity index (χ0) is 21.3. The molecule has 0 fully saturated rings. The summed E-state index contributed by atoms with van der Waals surface area (Å²) in [4.78, 5) is 25.6. The van der Waals surface area contributed by atoms with Gasteiger partial charge in [0.1, 0.15) is 11.3 Å². The summed E-state index contributed by atoms with van der Waals surface area (Å²) in [7, 11) is -2.01. The monoisotopic (exact) mass is 414 g/mol. The van der Waals surface area contributed by atoms with Crippen LogP contribution in [0.25, 0.3) is 11.1 Å². The van der Waals surface area contributed by atoms with E-state index in [1.165, 1.54) is 23.0 Å². The largest absolute Gasteiger partial charge is 0.497 e. The van der Waals surface area contributed by atoms with Gasteiger partial charge in [0.2, 0.25) is 0 Å². The maximum atomic E-state index is 13.1. The Morgan fingerprint density at radius 2 is 1.76 bits per heavy atom. The van der Waals surface area contributed by atoms with Gasteiger partial charge in [-0.3, -0.25) is 14.3 Å². The van der Waals surface area contributed by atoms with Crippen molar-refractivity contribution in [2.24, 2.45) is 0 Å². The Bertz CT molecular complexity index is 1240. The number of ketones is 1. The second-order valence-corrected chi connectivity index (χ2v) is 8.66. The molecule has 8 heteroatoms. The van der Waals surface area contributed by atoms with Crippen LogP contribution in [0, 0.1) is 6.92 Å². The van der Waals surface area contributed by atoms with Crippen LogP contribution in [0.15, 0.2) is 52.3 Å². The van der Waals surface area contributed by atoms with Crippen molar-refractivity contribution in [1.29, 1.82) is 0 Å². The molecule has 3 aromatic rings. The summed E-state index contributed by atoms with van der Waals surface area (Å²) in [6, 6.07) is 9.81. The fraction of sp³-hybridized carbons (Fsp3) is 0.238. The van der Waals surface area contributed by atoms with E-state index in [2.05, 4.69) is 5.10 Å². The van der Waals surface area contributed by atoms with Crippen molar-refractivity contribution in [3.05, 3.63) is 69.6 Å². The minimum Gasteiger partial charge on any atom is -0.497 e. The number of methoxy groups -OCH3 is 1. The van der Waals surface area contributed by atoms with Crippen molar-refractivity contribution in [3.8, 4) is 16.9 Å². The Balaban J connectivity index is 2.24. The molecule has 1 heterocycles. The van der Waals surface area contributed by atoms with Crippen LogP contribution in [0.5, 0.6) is 5.75 Å². The average molecular weight is 414 g/mol. The number of aromatic nitrogens is 2. The van der Waals surface area contributed by atoms with Gasteiger partial charge in [-0.25, -0.2) is 8.42 Å². The van der Waals surface area contributed by atoms with Gasteiger partial charge in [0.15, 0.2) is 15.6 Å². The molecular formula is C21H22N2O5S. The van der Waals surface area contributed by atoms with Crippen LogP contribution in [0.2, 0.25) is 0 Å². The molecule has 7 nitrogen and oxygen atoms in total. The van der Waals surface area contributed by atoms with Gasteiger partial charge in [0, 0.05) is 30.1 Å². The predicted octanol–water partition coefficient (Wildman–Crippen LogP) is 2.81. The number of nitrogens with one attached hydrogen (secondary N) is 1. The van der Waals surface area contributed by atoms with Crippen molar-refractivity contribution < 1.29 is 17.9 Å². The Labute approximate surface area is 168 Å². The number of benzene rings is 2. The van der Waals surface area contributed by atoms with Gasteiger partial charge in [-0.2, -0.15) is 0 Å². The molecule has 0 aliphatic heterocycles. The van der Waals surface area contributed by atoms with Crippen LogP contribution in [-0.4, -0.2) is 37.3 Å². The number of hydrogen-bond acceptors (Lipinski definition) is 5. The number of ether oxygens (including phenoxy) is 1. The molecule has 0 spiro atoms. The van der Waals surface area contributed by atoms with E-state index in [4.69, 9.17) is 4.74 Å². The molecule has 2 aromatic carbocycles. The van der Waals surface area contributed by atoms with Crippen LogP contribution >= 0.6 is 0 Å². The summed E-state index contributed by atoms with van der Waals surface area (Å²) < 4.78 is 31.3. The van der Waals surface area contributed by atoms with Gasteiger partial charge < -0.3 is 9.84 Å². The molecular weight excluding hydrogens is 392 g/mol. The lowest BCUT2D eigenvalue weighted by Crippen LogP contribution is -2.21. The van der Waals surface area contributed by atoms with Crippen molar-refractivity contribution >= 4 is 15.6 Å². The van der Waals surface area contributed by atoms with Gasteiger partial charge in [-0.05, 0) is 49.2 Å². The fourth-order valence-corrected chi connectivity index (χ4v) is 4.27. The summed E-state index contributed by atoms with van der Waals surface area (Å²) >= 11 is 0. The van der Waals surface area contributed by atoms with Crippen LogP contribution in [0.3, 0.4) is 0 Å². The maximum Gasteiger partial charge on any atom is 0.277 e. The Morgan fingerprint density at radius 3 is 2.28 bits per heavy atom. The van der Waals surface area contributed by atoms with E-state index in [1.54, 1.807) is 45.2 Å². The van der Waals surface area contributed by atoms with E-state index >= 15 is 0 Å². The molecule has 1 N–H and O–H groups in total. The first-order valence-electron chi connectivity index (χ1n) is 9.00. The first-order chi connectivity index (χ1) is 13.7. The van der Waals surface area contributed by atoms with Crippen LogP contribution < -0.4 is 10.3 Å². The third-order valence-corrected chi connectivity index (χ3v) is 5.99. The number of carbonyl (C=O) groups excluding carboxylic acids is 1. The maximum absolute atomic E-state index is 13.1. The molecule has 3 rings (SSSR count). The average Bonchev–Trinajstić information content (AvgIpc) is 3.07. The molecule has 0 amide bonds. The van der Waals surface area contributed by atoms with Crippen molar-refractivity contribution in [1.82, 2.24) is 9.78 Å². The molecule has 0 aliphatic rings. The zero-order valence-corrected chi connectivity index (χ0v) is 17.5. The lowest BCUT2D eigenvalue weighted by Gasteiger charge is -2.15. The molecule has 0 aliphatic carbocycles. The number of carbonyl (C=O) groups is 1. The second kappa shape index (κ2) is 7.71. The molecule has 0 unspecified atom stereocenters. The van der Waals surface area contributed by atoms with Crippen molar-refractivity contribution in [2.45, 2.75) is 25.3 Å². The Hall–Kier alpha value is -3.13. The number of aryl methyl sites for hydroxylation is 1. The Morgan fingerprint density at radius 1 is 1.10 bits per heavy atom. The topological polar surface area (TPSA) is 98.2 Å². The highest BCUT2D eigenvalue weighted by molar-refractivity contribution is 7.90. The first kappa shape index (κ1) is 20.6. The zero-order valence-electron chi connectivity index (χ0n) is 16.6. The van der Waals surface area contributed by atoms with E-state index in [1.807, 2.05) is 0 Å². The minimum absolute atomic E-state index is 0.0164. The molecule has 0 saturated heterocycles. The third-order valence-electron chi connectivity index (χ3n) is 4.85. The summed E-state index contributed by atoms with van der Waals surface area (Å²) in [5, 5.41) is 2.76. The normalized spacial score (nSPS) is 11.4. The highest BCUT2D eigenvalue weighted by Crippen LogP contribution is 2.34. The quantitative estimate of drug-likeness (QED) is 0.626. The number of rotatable bonds is 6. The molecule has 0 atom stereocenters. The van der Waals surface area contributed by atoms with Gasteiger partial charge in [-0.1, -0.05) is 12.1 Å². The minimum atomic E-state index is -3.55. The Kier molecular flexibility index (Phi) is 5.48. The number of sulfone groups is 1.